The minimum Gasteiger partial charge on any atom is -0.507 e. The van der Waals surface area contributed by atoms with Gasteiger partial charge in [0, 0.05) is 16.5 Å². The molecule has 2 nitrogen and oxygen atoms in total. The summed E-state index contributed by atoms with van der Waals surface area (Å²) < 4.78 is 0. The van der Waals surface area contributed by atoms with Gasteiger partial charge in [-0.2, -0.15) is 0 Å². The van der Waals surface area contributed by atoms with Crippen molar-refractivity contribution >= 4 is 10.9 Å². The number of phenols is 1. The van der Waals surface area contributed by atoms with Gasteiger partial charge in [0.1, 0.15) is 5.75 Å². The third-order valence-corrected chi connectivity index (χ3v) is 3.14. The molecule has 0 saturated carbocycles. The fraction of sp³-hybridized carbons (Fsp3) is 0.429. The van der Waals surface area contributed by atoms with Crippen molar-refractivity contribution in [3.05, 3.63) is 29.0 Å². The van der Waals surface area contributed by atoms with Gasteiger partial charge in [-0.1, -0.05) is 26.8 Å². The van der Waals surface area contributed by atoms with Gasteiger partial charge >= 0.3 is 0 Å². The van der Waals surface area contributed by atoms with E-state index in [-0.39, 0.29) is 5.41 Å². The Morgan fingerprint density at radius 2 is 1.75 bits per heavy atom. The zero-order valence-corrected chi connectivity index (χ0v) is 10.6. The Kier molecular flexibility index (Phi) is 2.26. The number of benzene rings is 1. The molecule has 0 bridgehead atoms. The molecule has 0 fully saturated rings. The van der Waals surface area contributed by atoms with E-state index < -0.39 is 0 Å². The Bertz CT molecular complexity index is 544. The molecule has 1 aromatic carbocycles. The van der Waals surface area contributed by atoms with Crippen molar-refractivity contribution in [1.82, 2.24) is 4.98 Å². The van der Waals surface area contributed by atoms with Crippen LogP contribution in [0.2, 0.25) is 0 Å². The highest BCUT2D eigenvalue weighted by Gasteiger charge is 2.22. The van der Waals surface area contributed by atoms with Crippen molar-refractivity contribution in [2.75, 3.05) is 0 Å². The molecular formula is C14H19NO. The number of aromatic hydroxyl groups is 1. The highest BCUT2D eigenvalue weighted by Crippen LogP contribution is 2.36. The lowest BCUT2D eigenvalue weighted by molar-refractivity contribution is 0.481. The van der Waals surface area contributed by atoms with E-state index in [0.29, 0.717) is 5.75 Å². The summed E-state index contributed by atoms with van der Waals surface area (Å²) in [6.07, 6.45) is 0. The molecule has 0 aliphatic carbocycles. The Labute approximate surface area is 96.3 Å². The standard InChI is InChI=1S/C14H19NO/c1-8-6-7-10(16)11-9(2)13(14(3,4)5)15-12(8)11/h6-7,15-16H,1-5H3. The van der Waals surface area contributed by atoms with Crippen molar-refractivity contribution in [3.8, 4) is 5.75 Å². The molecule has 0 spiro atoms. The smallest absolute Gasteiger partial charge is 0.125 e. The Balaban J connectivity index is 2.88. The third-order valence-electron chi connectivity index (χ3n) is 3.14. The normalized spacial score (nSPS) is 12.3. The molecule has 0 saturated heterocycles. The molecule has 0 amide bonds. The maximum Gasteiger partial charge on any atom is 0.125 e. The number of aromatic amines is 1. The van der Waals surface area contributed by atoms with Crippen molar-refractivity contribution < 1.29 is 5.11 Å². The number of phenolic OH excluding ortho intramolecular Hbond substituents is 1. The van der Waals surface area contributed by atoms with Gasteiger partial charge in [0.25, 0.3) is 0 Å². The van der Waals surface area contributed by atoms with Crippen molar-refractivity contribution in [2.45, 2.75) is 40.0 Å². The predicted octanol–water partition coefficient (Wildman–Crippen LogP) is 3.79. The van der Waals surface area contributed by atoms with E-state index in [0.717, 1.165) is 16.5 Å². The van der Waals surface area contributed by atoms with Gasteiger partial charge in [-0.15, -0.1) is 0 Å². The van der Waals surface area contributed by atoms with E-state index in [1.807, 2.05) is 6.07 Å². The minimum atomic E-state index is 0.0714. The number of aryl methyl sites for hydroxylation is 2. The van der Waals surface area contributed by atoms with Crippen LogP contribution < -0.4 is 0 Å². The van der Waals surface area contributed by atoms with E-state index in [1.54, 1.807) is 6.07 Å². The van der Waals surface area contributed by atoms with Gasteiger partial charge in [-0.25, -0.2) is 0 Å². The van der Waals surface area contributed by atoms with Crippen LogP contribution in [0.3, 0.4) is 0 Å². The van der Waals surface area contributed by atoms with E-state index in [2.05, 4.69) is 39.6 Å². The third kappa shape index (κ3) is 1.49. The second-order valence-corrected chi connectivity index (χ2v) is 5.53. The summed E-state index contributed by atoms with van der Waals surface area (Å²) in [5.41, 5.74) is 4.66. The van der Waals surface area contributed by atoms with Gasteiger partial charge < -0.3 is 10.1 Å². The number of aromatic nitrogens is 1. The van der Waals surface area contributed by atoms with Gasteiger partial charge in [0.15, 0.2) is 0 Å². The molecule has 0 aliphatic heterocycles. The van der Waals surface area contributed by atoms with E-state index >= 15 is 0 Å². The summed E-state index contributed by atoms with van der Waals surface area (Å²) in [5, 5.41) is 10.9. The van der Waals surface area contributed by atoms with E-state index in [9.17, 15) is 5.11 Å². The maximum atomic E-state index is 9.94. The Morgan fingerprint density at radius 1 is 1.12 bits per heavy atom. The van der Waals surface area contributed by atoms with E-state index in [4.69, 9.17) is 0 Å². The van der Waals surface area contributed by atoms with E-state index in [1.165, 1.54) is 11.3 Å². The average molecular weight is 217 g/mol. The number of H-pyrrole nitrogens is 1. The SMILES string of the molecule is Cc1ccc(O)c2c(C)c(C(C)(C)C)[nH]c12. The number of fused-ring (bicyclic) bond motifs is 1. The summed E-state index contributed by atoms with van der Waals surface area (Å²) in [4.78, 5) is 3.45. The van der Waals surface area contributed by atoms with Gasteiger partial charge in [-0.3, -0.25) is 0 Å². The van der Waals surface area contributed by atoms with Crippen LogP contribution in [-0.4, -0.2) is 10.1 Å². The van der Waals surface area contributed by atoms with Crippen LogP contribution in [0, 0.1) is 13.8 Å². The van der Waals surface area contributed by atoms with Crippen molar-refractivity contribution in [3.63, 3.8) is 0 Å². The molecule has 2 N–H and O–H groups in total. The lowest BCUT2D eigenvalue weighted by Crippen LogP contribution is -2.12. The first-order chi connectivity index (χ1) is 7.32. The lowest BCUT2D eigenvalue weighted by atomic mass is 9.89. The van der Waals surface area contributed by atoms with Gasteiger partial charge in [0.2, 0.25) is 0 Å². The summed E-state index contributed by atoms with van der Waals surface area (Å²) in [6, 6.07) is 3.71. The largest absolute Gasteiger partial charge is 0.507 e. The zero-order chi connectivity index (χ0) is 12.1. The Hall–Kier alpha value is -1.44. The zero-order valence-electron chi connectivity index (χ0n) is 10.6. The molecule has 2 aromatic rings. The molecule has 86 valence electrons. The van der Waals surface area contributed by atoms with Gasteiger partial charge in [0.05, 0.1) is 5.52 Å². The maximum absolute atomic E-state index is 9.94. The first-order valence-corrected chi connectivity index (χ1v) is 5.63. The molecule has 0 radical (unpaired) electrons. The summed E-state index contributed by atoms with van der Waals surface area (Å²) in [6.45, 7) is 10.7. The first-order valence-electron chi connectivity index (χ1n) is 5.63. The number of hydrogen-bond acceptors (Lipinski definition) is 1. The average Bonchev–Trinajstić information content (AvgIpc) is 2.51. The first kappa shape index (κ1) is 11.1. The highest BCUT2D eigenvalue weighted by atomic mass is 16.3. The molecule has 2 heteroatoms. The van der Waals surface area contributed by atoms with Crippen LogP contribution in [0.25, 0.3) is 10.9 Å². The van der Waals surface area contributed by atoms with Crippen molar-refractivity contribution in [1.29, 1.82) is 0 Å². The van der Waals surface area contributed by atoms with Crippen LogP contribution >= 0.6 is 0 Å². The summed E-state index contributed by atoms with van der Waals surface area (Å²) in [5.74, 6) is 0.366. The predicted molar refractivity (Wildman–Crippen MR) is 68.1 cm³/mol. The fourth-order valence-electron chi connectivity index (χ4n) is 2.33. The molecule has 0 aliphatic rings. The van der Waals surface area contributed by atoms with Crippen LogP contribution in [0.1, 0.15) is 37.6 Å². The van der Waals surface area contributed by atoms with Crippen LogP contribution in [0.15, 0.2) is 12.1 Å². The molecule has 16 heavy (non-hydrogen) atoms. The lowest BCUT2D eigenvalue weighted by Gasteiger charge is -2.17. The van der Waals surface area contributed by atoms with Crippen LogP contribution in [0.5, 0.6) is 5.75 Å². The summed E-state index contributed by atoms with van der Waals surface area (Å²) in [7, 11) is 0. The monoisotopic (exact) mass is 217 g/mol. The number of rotatable bonds is 0. The van der Waals surface area contributed by atoms with Crippen molar-refractivity contribution in [2.24, 2.45) is 0 Å². The molecular weight excluding hydrogens is 198 g/mol. The molecule has 0 atom stereocenters. The van der Waals surface area contributed by atoms with Crippen LogP contribution in [0.4, 0.5) is 0 Å². The fourth-order valence-corrected chi connectivity index (χ4v) is 2.33. The minimum absolute atomic E-state index is 0.0714. The topological polar surface area (TPSA) is 36.0 Å². The molecule has 1 heterocycles. The van der Waals surface area contributed by atoms with Gasteiger partial charge in [-0.05, 0) is 31.0 Å². The highest BCUT2D eigenvalue weighted by molar-refractivity contribution is 5.92. The summed E-state index contributed by atoms with van der Waals surface area (Å²) >= 11 is 0. The number of hydrogen-bond donors (Lipinski definition) is 2. The number of nitrogens with one attached hydrogen (secondary N) is 1. The molecule has 2 rings (SSSR count). The molecule has 1 aromatic heterocycles. The molecule has 0 unspecified atom stereocenters. The second kappa shape index (κ2) is 3.27. The Morgan fingerprint density at radius 3 is 2.25 bits per heavy atom. The quantitative estimate of drug-likeness (QED) is 0.692. The second-order valence-electron chi connectivity index (χ2n) is 5.53. The van der Waals surface area contributed by atoms with Crippen LogP contribution in [-0.2, 0) is 5.41 Å².